The lowest BCUT2D eigenvalue weighted by molar-refractivity contribution is -0.125. The number of carbonyl (C=O) groups is 2. The molecule has 0 spiro atoms. The summed E-state index contributed by atoms with van der Waals surface area (Å²) < 4.78 is 8.43. The molecule has 2 aromatic heterocycles. The van der Waals surface area contributed by atoms with Crippen LogP contribution in [0.4, 0.5) is 0 Å². The van der Waals surface area contributed by atoms with E-state index in [0.29, 0.717) is 4.88 Å². The molecule has 4 rings (SSSR count). The zero-order chi connectivity index (χ0) is 18.3. The molecule has 0 saturated heterocycles. The lowest BCUT2D eigenvalue weighted by Crippen LogP contribution is -2.48. The molecular formula is C19H16N2O3S2. The molecule has 1 saturated carbocycles. The standard InChI is InChI=1S/C19H16N2O3S2/c1-19(10-20,11-6-7-11)21-16(22)9-24-18(23)15-8-14-17(26-15)12-4-2-3-5-13(12)25-14/h2-5,8,11H,6-7,9H2,1H3,(H,21,22)/t19-/m1/s1. The fourth-order valence-electron chi connectivity index (χ4n) is 3.01. The molecule has 0 aliphatic heterocycles. The Morgan fingerprint density at radius 1 is 1.31 bits per heavy atom. The molecule has 1 atom stereocenters. The Balaban J connectivity index is 1.42. The lowest BCUT2D eigenvalue weighted by Gasteiger charge is -2.22. The number of fused-ring (bicyclic) bond motifs is 3. The zero-order valence-electron chi connectivity index (χ0n) is 14.1. The number of esters is 1. The normalized spacial score (nSPS) is 16.2. The third-order valence-corrected chi connectivity index (χ3v) is 7.01. The van der Waals surface area contributed by atoms with Gasteiger partial charge in [-0.3, -0.25) is 4.79 Å². The maximum absolute atomic E-state index is 12.3. The molecule has 26 heavy (non-hydrogen) atoms. The van der Waals surface area contributed by atoms with Crippen molar-refractivity contribution in [2.75, 3.05) is 6.61 Å². The molecule has 0 radical (unpaired) electrons. The molecule has 5 nitrogen and oxygen atoms in total. The highest BCUT2D eigenvalue weighted by molar-refractivity contribution is 7.33. The van der Waals surface area contributed by atoms with Gasteiger partial charge in [-0.05, 0) is 37.8 Å². The van der Waals surface area contributed by atoms with Gasteiger partial charge < -0.3 is 10.1 Å². The third kappa shape index (κ3) is 3.06. The fraction of sp³-hybridized carbons (Fsp3) is 0.316. The fourth-order valence-corrected chi connectivity index (χ4v) is 5.43. The Labute approximate surface area is 158 Å². The first-order chi connectivity index (χ1) is 12.5. The van der Waals surface area contributed by atoms with Gasteiger partial charge in [0.25, 0.3) is 5.91 Å². The van der Waals surface area contributed by atoms with E-state index in [2.05, 4.69) is 17.5 Å². The summed E-state index contributed by atoms with van der Waals surface area (Å²) in [7, 11) is 0. The van der Waals surface area contributed by atoms with E-state index in [0.717, 1.165) is 27.6 Å². The predicted octanol–water partition coefficient (Wildman–Crippen LogP) is 4.08. The molecule has 0 bridgehead atoms. The molecule has 1 fully saturated rings. The van der Waals surface area contributed by atoms with E-state index in [-0.39, 0.29) is 12.5 Å². The number of carbonyl (C=O) groups excluding carboxylic acids is 2. The van der Waals surface area contributed by atoms with Crippen molar-refractivity contribution in [3.05, 3.63) is 35.2 Å². The second-order valence-electron chi connectivity index (χ2n) is 6.61. The number of nitriles is 1. The molecule has 3 aromatic rings. The van der Waals surface area contributed by atoms with E-state index in [1.54, 1.807) is 18.3 Å². The molecule has 1 N–H and O–H groups in total. The SMILES string of the molecule is C[C@](C#N)(NC(=O)COC(=O)c1cc2sc3ccccc3c2s1)C1CC1. The predicted molar refractivity (Wildman–Crippen MR) is 102 cm³/mol. The number of amides is 1. The van der Waals surface area contributed by atoms with Crippen LogP contribution >= 0.6 is 22.7 Å². The number of rotatable bonds is 5. The molecule has 0 unspecified atom stereocenters. The molecule has 7 heteroatoms. The summed E-state index contributed by atoms with van der Waals surface area (Å²) in [6.07, 6.45) is 1.87. The van der Waals surface area contributed by atoms with Gasteiger partial charge in [0.1, 0.15) is 10.4 Å². The van der Waals surface area contributed by atoms with Gasteiger partial charge >= 0.3 is 5.97 Å². The summed E-state index contributed by atoms with van der Waals surface area (Å²) in [6, 6.07) is 12.0. The van der Waals surface area contributed by atoms with Gasteiger partial charge in [-0.1, -0.05) is 18.2 Å². The minimum atomic E-state index is -0.881. The van der Waals surface area contributed by atoms with Crippen LogP contribution in [0.2, 0.25) is 0 Å². The topological polar surface area (TPSA) is 79.2 Å². The number of hydrogen-bond acceptors (Lipinski definition) is 6. The van der Waals surface area contributed by atoms with Crippen LogP contribution in [0, 0.1) is 17.2 Å². The van der Waals surface area contributed by atoms with E-state index in [9.17, 15) is 14.9 Å². The number of ether oxygens (including phenoxy) is 1. The average Bonchev–Trinajstić information content (AvgIpc) is 3.33. The smallest absolute Gasteiger partial charge is 0.348 e. The van der Waals surface area contributed by atoms with Crippen molar-refractivity contribution in [3.8, 4) is 6.07 Å². The number of benzene rings is 1. The Morgan fingerprint density at radius 3 is 2.81 bits per heavy atom. The molecule has 132 valence electrons. The Hall–Kier alpha value is -2.43. The van der Waals surface area contributed by atoms with Gasteiger partial charge in [0, 0.05) is 14.8 Å². The maximum atomic E-state index is 12.3. The van der Waals surface area contributed by atoms with Gasteiger partial charge in [-0.2, -0.15) is 5.26 Å². The van der Waals surface area contributed by atoms with Crippen molar-refractivity contribution in [2.45, 2.75) is 25.3 Å². The summed E-state index contributed by atoms with van der Waals surface area (Å²) in [6.45, 7) is 1.33. The quantitative estimate of drug-likeness (QED) is 0.672. The summed E-state index contributed by atoms with van der Waals surface area (Å²) >= 11 is 3.01. The third-order valence-electron chi connectivity index (χ3n) is 4.61. The Kier molecular flexibility index (Phi) is 4.17. The van der Waals surface area contributed by atoms with E-state index >= 15 is 0 Å². The van der Waals surface area contributed by atoms with Gasteiger partial charge in [0.2, 0.25) is 0 Å². The number of thiophene rings is 2. The Bertz CT molecular complexity index is 1060. The van der Waals surface area contributed by atoms with Crippen LogP contribution in [0.1, 0.15) is 29.4 Å². The molecule has 1 aliphatic rings. The van der Waals surface area contributed by atoms with Crippen molar-refractivity contribution in [2.24, 2.45) is 5.92 Å². The van der Waals surface area contributed by atoms with Gasteiger partial charge in [0.05, 0.1) is 10.8 Å². The van der Waals surface area contributed by atoms with Crippen LogP contribution < -0.4 is 5.32 Å². The molecular weight excluding hydrogens is 368 g/mol. The van der Waals surface area contributed by atoms with Crippen LogP contribution in [0.25, 0.3) is 19.5 Å². The minimum absolute atomic E-state index is 0.185. The summed E-state index contributed by atoms with van der Waals surface area (Å²) in [4.78, 5) is 24.8. The monoisotopic (exact) mass is 384 g/mol. The summed E-state index contributed by atoms with van der Waals surface area (Å²) in [5.74, 6) is -0.773. The second kappa shape index (κ2) is 6.38. The van der Waals surface area contributed by atoms with Crippen LogP contribution in [0.15, 0.2) is 30.3 Å². The van der Waals surface area contributed by atoms with Gasteiger partial charge in [-0.25, -0.2) is 4.79 Å². The highest BCUT2D eigenvalue weighted by atomic mass is 32.1. The molecule has 1 aromatic carbocycles. The summed E-state index contributed by atoms with van der Waals surface area (Å²) in [5, 5.41) is 13.1. The highest BCUT2D eigenvalue weighted by Gasteiger charge is 2.43. The van der Waals surface area contributed by atoms with Gasteiger partial charge in [-0.15, -0.1) is 22.7 Å². The van der Waals surface area contributed by atoms with Crippen LogP contribution in [-0.4, -0.2) is 24.0 Å². The average molecular weight is 384 g/mol. The van der Waals surface area contributed by atoms with E-state index < -0.39 is 17.4 Å². The first kappa shape index (κ1) is 17.0. The van der Waals surface area contributed by atoms with Crippen LogP contribution in [0.3, 0.4) is 0 Å². The zero-order valence-corrected chi connectivity index (χ0v) is 15.7. The van der Waals surface area contributed by atoms with Crippen molar-refractivity contribution in [1.82, 2.24) is 5.32 Å². The van der Waals surface area contributed by atoms with E-state index in [1.807, 2.05) is 24.3 Å². The number of nitrogens with one attached hydrogen (secondary N) is 1. The highest BCUT2D eigenvalue weighted by Crippen LogP contribution is 2.40. The number of hydrogen-bond donors (Lipinski definition) is 1. The molecule has 1 amide bonds. The first-order valence-electron chi connectivity index (χ1n) is 8.30. The molecule has 1 aliphatic carbocycles. The van der Waals surface area contributed by atoms with Crippen molar-refractivity contribution < 1.29 is 14.3 Å². The largest absolute Gasteiger partial charge is 0.451 e. The van der Waals surface area contributed by atoms with Crippen LogP contribution in [-0.2, 0) is 9.53 Å². The van der Waals surface area contributed by atoms with Crippen LogP contribution in [0.5, 0.6) is 0 Å². The van der Waals surface area contributed by atoms with E-state index in [1.165, 1.54) is 16.0 Å². The van der Waals surface area contributed by atoms with Crippen molar-refractivity contribution >= 4 is 54.0 Å². The van der Waals surface area contributed by atoms with Gasteiger partial charge in [0.15, 0.2) is 6.61 Å². The van der Waals surface area contributed by atoms with Crippen molar-refractivity contribution in [3.63, 3.8) is 0 Å². The molecule has 2 heterocycles. The van der Waals surface area contributed by atoms with Crippen molar-refractivity contribution in [1.29, 1.82) is 5.26 Å². The number of nitrogens with zero attached hydrogens (tertiary/aromatic N) is 1. The second-order valence-corrected chi connectivity index (χ2v) is 8.75. The Morgan fingerprint density at radius 2 is 2.08 bits per heavy atom. The maximum Gasteiger partial charge on any atom is 0.348 e. The first-order valence-corrected chi connectivity index (χ1v) is 9.94. The lowest BCUT2D eigenvalue weighted by atomic mass is 9.98. The minimum Gasteiger partial charge on any atom is -0.451 e. The van der Waals surface area contributed by atoms with E-state index in [4.69, 9.17) is 4.74 Å². The summed E-state index contributed by atoms with van der Waals surface area (Å²) in [5.41, 5.74) is -0.881.